The Balaban J connectivity index is 1.61. The van der Waals surface area contributed by atoms with E-state index in [1.807, 2.05) is 47.0 Å². The largest absolute Gasteiger partial charge is 0.309 e. The van der Waals surface area contributed by atoms with Crippen LogP contribution in [-0.4, -0.2) is 21.1 Å². The minimum atomic E-state index is 0.392. The van der Waals surface area contributed by atoms with E-state index >= 15 is 0 Å². The minimum absolute atomic E-state index is 0.392. The molecule has 3 aromatic rings. The number of aromatic nitrogens is 3. The van der Waals surface area contributed by atoms with Crippen LogP contribution >= 0.6 is 11.6 Å². The summed E-state index contributed by atoms with van der Waals surface area (Å²) in [5.74, 6) is 1.31. The highest BCUT2D eigenvalue weighted by atomic mass is 35.5. The summed E-state index contributed by atoms with van der Waals surface area (Å²) in [5, 5.41) is 12.6. The Labute approximate surface area is 128 Å². The van der Waals surface area contributed by atoms with Crippen LogP contribution in [0.5, 0.6) is 0 Å². The molecular formula is C16H17ClN4. The Hall–Kier alpha value is -1.91. The fraction of sp³-hybridized carbons (Fsp3) is 0.250. The van der Waals surface area contributed by atoms with Gasteiger partial charge >= 0.3 is 0 Å². The van der Waals surface area contributed by atoms with Crippen molar-refractivity contribution in [2.24, 2.45) is 0 Å². The van der Waals surface area contributed by atoms with Crippen LogP contribution in [0.2, 0.25) is 5.02 Å². The summed E-state index contributed by atoms with van der Waals surface area (Å²) in [4.78, 5) is 0. The first-order valence-corrected chi connectivity index (χ1v) is 7.36. The zero-order valence-electron chi connectivity index (χ0n) is 11.8. The smallest absolute Gasteiger partial charge is 0.160 e. The van der Waals surface area contributed by atoms with Gasteiger partial charge in [0.05, 0.1) is 6.54 Å². The van der Waals surface area contributed by atoms with Gasteiger partial charge < -0.3 is 5.32 Å². The second-order valence-electron chi connectivity index (χ2n) is 5.13. The van der Waals surface area contributed by atoms with Crippen LogP contribution < -0.4 is 5.32 Å². The Morgan fingerprint density at radius 1 is 1.19 bits per heavy atom. The Morgan fingerprint density at radius 3 is 2.95 bits per heavy atom. The number of nitrogens with one attached hydrogen (secondary N) is 1. The van der Waals surface area contributed by atoms with E-state index in [1.54, 1.807) is 0 Å². The Kier molecular flexibility index (Phi) is 4.18. The lowest BCUT2D eigenvalue weighted by atomic mass is 10.0. The topological polar surface area (TPSA) is 42.2 Å². The maximum Gasteiger partial charge on any atom is 0.160 e. The van der Waals surface area contributed by atoms with E-state index in [0.29, 0.717) is 12.5 Å². The van der Waals surface area contributed by atoms with E-state index in [-0.39, 0.29) is 0 Å². The van der Waals surface area contributed by atoms with Gasteiger partial charge in [-0.15, -0.1) is 10.2 Å². The summed E-state index contributed by atoms with van der Waals surface area (Å²) in [6.07, 6.45) is 1.98. The van der Waals surface area contributed by atoms with Crippen LogP contribution in [0.1, 0.15) is 24.2 Å². The van der Waals surface area contributed by atoms with Gasteiger partial charge in [0.2, 0.25) is 0 Å². The number of halogens is 1. The van der Waals surface area contributed by atoms with E-state index in [2.05, 4.69) is 28.5 Å². The molecule has 0 saturated carbocycles. The van der Waals surface area contributed by atoms with Crippen molar-refractivity contribution in [3.05, 3.63) is 65.1 Å². The third-order valence-corrected chi connectivity index (χ3v) is 3.77. The normalized spacial score (nSPS) is 12.7. The van der Waals surface area contributed by atoms with Crippen molar-refractivity contribution in [3.63, 3.8) is 0 Å². The standard InChI is InChI=1S/C16H17ClN4/c1-12(13-5-4-6-14(17)9-13)10-18-11-16-20-19-15-7-2-3-8-21(15)16/h2-9,12,18H,10-11H2,1H3. The molecule has 2 aromatic heterocycles. The van der Waals surface area contributed by atoms with Gasteiger partial charge in [-0.3, -0.25) is 4.40 Å². The number of rotatable bonds is 5. The van der Waals surface area contributed by atoms with Gasteiger partial charge in [-0.05, 0) is 35.7 Å². The quantitative estimate of drug-likeness (QED) is 0.786. The molecule has 0 radical (unpaired) electrons. The zero-order valence-corrected chi connectivity index (χ0v) is 12.6. The summed E-state index contributed by atoms with van der Waals surface area (Å²) < 4.78 is 2.00. The molecule has 0 bridgehead atoms. The van der Waals surface area contributed by atoms with Gasteiger partial charge in [0.25, 0.3) is 0 Å². The maximum absolute atomic E-state index is 6.03. The van der Waals surface area contributed by atoms with Crippen LogP contribution in [0.3, 0.4) is 0 Å². The van der Waals surface area contributed by atoms with Crippen LogP contribution in [0.25, 0.3) is 5.65 Å². The fourth-order valence-corrected chi connectivity index (χ4v) is 2.54. The molecule has 1 atom stereocenters. The highest BCUT2D eigenvalue weighted by Crippen LogP contribution is 2.18. The lowest BCUT2D eigenvalue weighted by Crippen LogP contribution is -2.21. The molecule has 5 heteroatoms. The highest BCUT2D eigenvalue weighted by Gasteiger charge is 2.08. The second kappa shape index (κ2) is 6.24. The SMILES string of the molecule is CC(CNCc1nnc2ccccn12)c1cccc(Cl)c1. The second-order valence-corrected chi connectivity index (χ2v) is 5.57. The molecule has 1 unspecified atom stereocenters. The molecule has 0 aliphatic carbocycles. The monoisotopic (exact) mass is 300 g/mol. The molecule has 1 aromatic carbocycles. The summed E-state index contributed by atoms with van der Waals surface area (Å²) in [5.41, 5.74) is 2.11. The van der Waals surface area contributed by atoms with E-state index in [1.165, 1.54) is 5.56 Å². The maximum atomic E-state index is 6.03. The number of fused-ring (bicyclic) bond motifs is 1. The van der Waals surface area contributed by atoms with Crippen molar-refractivity contribution in [3.8, 4) is 0 Å². The van der Waals surface area contributed by atoms with E-state index in [9.17, 15) is 0 Å². The molecule has 21 heavy (non-hydrogen) atoms. The fourth-order valence-electron chi connectivity index (χ4n) is 2.34. The minimum Gasteiger partial charge on any atom is -0.309 e. The van der Waals surface area contributed by atoms with E-state index in [4.69, 9.17) is 11.6 Å². The lowest BCUT2D eigenvalue weighted by molar-refractivity contribution is 0.596. The Bertz CT molecular complexity index is 738. The van der Waals surface area contributed by atoms with Crippen molar-refractivity contribution >= 4 is 17.2 Å². The summed E-state index contributed by atoms with van der Waals surface area (Å²) in [7, 11) is 0. The van der Waals surface area contributed by atoms with Gasteiger partial charge in [0.15, 0.2) is 11.5 Å². The first kappa shape index (κ1) is 14.0. The van der Waals surface area contributed by atoms with Crippen LogP contribution in [0.15, 0.2) is 48.7 Å². The number of benzene rings is 1. The van der Waals surface area contributed by atoms with Crippen LogP contribution in [0, 0.1) is 0 Å². The molecule has 0 amide bonds. The third-order valence-electron chi connectivity index (χ3n) is 3.54. The van der Waals surface area contributed by atoms with Crippen molar-refractivity contribution in [2.45, 2.75) is 19.4 Å². The highest BCUT2D eigenvalue weighted by molar-refractivity contribution is 6.30. The molecule has 0 aliphatic heterocycles. The molecule has 1 N–H and O–H groups in total. The lowest BCUT2D eigenvalue weighted by Gasteiger charge is -2.13. The number of pyridine rings is 1. The van der Waals surface area contributed by atoms with E-state index < -0.39 is 0 Å². The predicted octanol–water partition coefficient (Wildman–Crippen LogP) is 3.28. The number of nitrogens with zero attached hydrogens (tertiary/aromatic N) is 3. The third kappa shape index (κ3) is 3.23. The summed E-state index contributed by atoms with van der Waals surface area (Å²) in [6.45, 7) is 3.73. The van der Waals surface area contributed by atoms with Crippen molar-refractivity contribution < 1.29 is 0 Å². The summed E-state index contributed by atoms with van der Waals surface area (Å²) in [6, 6.07) is 13.9. The molecule has 4 nitrogen and oxygen atoms in total. The molecule has 0 aliphatic rings. The van der Waals surface area contributed by atoms with Crippen molar-refractivity contribution in [1.82, 2.24) is 19.9 Å². The first-order chi connectivity index (χ1) is 10.2. The zero-order chi connectivity index (χ0) is 14.7. The van der Waals surface area contributed by atoms with E-state index in [0.717, 1.165) is 23.0 Å². The first-order valence-electron chi connectivity index (χ1n) is 6.99. The molecule has 0 fully saturated rings. The number of hydrogen-bond donors (Lipinski definition) is 1. The van der Waals surface area contributed by atoms with Gasteiger partial charge in [0, 0.05) is 17.8 Å². The summed E-state index contributed by atoms with van der Waals surface area (Å²) >= 11 is 6.03. The van der Waals surface area contributed by atoms with Gasteiger partial charge in [-0.25, -0.2) is 0 Å². The molecule has 3 rings (SSSR count). The van der Waals surface area contributed by atoms with Gasteiger partial charge in [-0.2, -0.15) is 0 Å². The predicted molar refractivity (Wildman–Crippen MR) is 84.6 cm³/mol. The van der Waals surface area contributed by atoms with Gasteiger partial charge in [0.1, 0.15) is 0 Å². The number of hydrogen-bond acceptors (Lipinski definition) is 3. The molecule has 0 saturated heterocycles. The molecule has 0 spiro atoms. The average Bonchev–Trinajstić information content (AvgIpc) is 2.91. The van der Waals surface area contributed by atoms with Gasteiger partial charge in [-0.1, -0.05) is 36.7 Å². The van der Waals surface area contributed by atoms with Crippen LogP contribution in [-0.2, 0) is 6.54 Å². The molecule has 2 heterocycles. The molecular weight excluding hydrogens is 284 g/mol. The molecule has 108 valence electrons. The van der Waals surface area contributed by atoms with Crippen molar-refractivity contribution in [1.29, 1.82) is 0 Å². The average molecular weight is 301 g/mol. The Morgan fingerprint density at radius 2 is 2.10 bits per heavy atom. The van der Waals surface area contributed by atoms with Crippen molar-refractivity contribution in [2.75, 3.05) is 6.54 Å². The van der Waals surface area contributed by atoms with Crippen LogP contribution in [0.4, 0.5) is 0 Å².